The molecular formula is C16H18ClNO4S2. The number of sulfonamides is 1. The summed E-state index contributed by atoms with van der Waals surface area (Å²) < 4.78 is 33.0. The van der Waals surface area contributed by atoms with Crippen molar-refractivity contribution in [2.75, 3.05) is 13.7 Å². The highest BCUT2D eigenvalue weighted by Crippen LogP contribution is 2.47. The minimum absolute atomic E-state index is 0.0400. The normalized spacial score (nSPS) is 17.5. The molecular weight excluding hydrogens is 370 g/mol. The summed E-state index contributed by atoms with van der Waals surface area (Å²) in [6.07, 6.45) is 1.77. The Morgan fingerprint density at radius 2 is 2.17 bits per heavy atom. The fraction of sp³-hybridized carbons (Fsp3) is 0.375. The minimum atomic E-state index is -3.87. The second kappa shape index (κ2) is 6.65. The van der Waals surface area contributed by atoms with Crippen molar-refractivity contribution in [3.8, 4) is 5.75 Å². The van der Waals surface area contributed by atoms with E-state index in [1.807, 2.05) is 17.5 Å². The highest BCUT2D eigenvalue weighted by Gasteiger charge is 2.46. The lowest BCUT2D eigenvalue weighted by atomic mass is 9.96. The Morgan fingerprint density at radius 1 is 1.42 bits per heavy atom. The monoisotopic (exact) mass is 387 g/mol. The Bertz CT molecular complexity index is 819. The predicted octanol–water partition coefficient (Wildman–Crippen LogP) is 2.99. The van der Waals surface area contributed by atoms with E-state index in [1.165, 1.54) is 30.6 Å². The molecule has 1 saturated carbocycles. The summed E-state index contributed by atoms with van der Waals surface area (Å²) in [4.78, 5) is 0.729. The lowest BCUT2D eigenvalue weighted by Crippen LogP contribution is -2.42. The van der Waals surface area contributed by atoms with E-state index in [2.05, 4.69) is 4.72 Å². The molecule has 24 heavy (non-hydrogen) atoms. The number of thiophene rings is 1. The summed E-state index contributed by atoms with van der Waals surface area (Å²) in [6.45, 7) is -0.0871. The van der Waals surface area contributed by atoms with Crippen LogP contribution in [0, 0.1) is 5.92 Å². The van der Waals surface area contributed by atoms with Gasteiger partial charge in [-0.1, -0.05) is 17.7 Å². The third-order valence-corrected chi connectivity index (χ3v) is 6.84. The van der Waals surface area contributed by atoms with E-state index < -0.39 is 15.6 Å². The van der Waals surface area contributed by atoms with E-state index in [0.29, 0.717) is 5.02 Å². The van der Waals surface area contributed by atoms with Crippen LogP contribution in [0.1, 0.15) is 17.7 Å². The maximum absolute atomic E-state index is 12.7. The van der Waals surface area contributed by atoms with Gasteiger partial charge >= 0.3 is 0 Å². The molecule has 5 nitrogen and oxygen atoms in total. The molecule has 1 fully saturated rings. The summed E-state index contributed by atoms with van der Waals surface area (Å²) in [6, 6.07) is 8.08. The first-order valence-electron chi connectivity index (χ1n) is 7.46. The van der Waals surface area contributed by atoms with Gasteiger partial charge in [-0.2, -0.15) is 0 Å². The van der Waals surface area contributed by atoms with Gasteiger partial charge in [0.15, 0.2) is 0 Å². The molecule has 0 amide bonds. The highest BCUT2D eigenvalue weighted by molar-refractivity contribution is 7.89. The summed E-state index contributed by atoms with van der Waals surface area (Å²) in [7, 11) is -2.47. The second-order valence-electron chi connectivity index (χ2n) is 5.80. The molecule has 2 aromatic rings. The van der Waals surface area contributed by atoms with E-state index >= 15 is 0 Å². The lowest BCUT2D eigenvalue weighted by molar-refractivity contribution is 0.0222. The molecule has 0 bridgehead atoms. The molecule has 1 aliphatic rings. The lowest BCUT2D eigenvalue weighted by Gasteiger charge is -2.27. The number of benzene rings is 1. The first-order valence-corrected chi connectivity index (χ1v) is 10.2. The fourth-order valence-corrected chi connectivity index (χ4v) is 5.07. The first-order chi connectivity index (χ1) is 11.4. The van der Waals surface area contributed by atoms with Gasteiger partial charge in [0.2, 0.25) is 10.0 Å². The van der Waals surface area contributed by atoms with Crippen LogP contribution in [0.5, 0.6) is 5.75 Å². The van der Waals surface area contributed by atoms with E-state index in [1.54, 1.807) is 6.07 Å². The molecule has 1 atom stereocenters. The number of nitrogens with one attached hydrogen (secondary N) is 1. The Morgan fingerprint density at radius 3 is 2.75 bits per heavy atom. The van der Waals surface area contributed by atoms with Crippen molar-refractivity contribution < 1.29 is 18.3 Å². The maximum Gasteiger partial charge on any atom is 0.244 e. The Kier molecular flexibility index (Phi) is 4.90. The number of aliphatic hydroxyl groups is 1. The number of hydrogen-bond donors (Lipinski definition) is 2. The molecule has 0 spiro atoms. The molecule has 0 aliphatic heterocycles. The zero-order chi connectivity index (χ0) is 17.4. The van der Waals surface area contributed by atoms with E-state index in [0.717, 1.165) is 17.7 Å². The second-order valence-corrected chi connectivity index (χ2v) is 8.92. The molecule has 0 saturated heterocycles. The van der Waals surface area contributed by atoms with Crippen LogP contribution in [-0.4, -0.2) is 27.2 Å². The van der Waals surface area contributed by atoms with Crippen LogP contribution in [0.4, 0.5) is 0 Å². The average Bonchev–Trinajstić information content (AvgIpc) is 3.28. The first kappa shape index (κ1) is 17.7. The van der Waals surface area contributed by atoms with Crippen molar-refractivity contribution in [1.82, 2.24) is 4.72 Å². The molecule has 1 aromatic heterocycles. The standard InChI is InChI=1S/C16H18ClNO4S2/c1-22-13-7-6-12(17)9-14(13)24(20,21)18-10-16(19,11-4-5-11)15-3-2-8-23-15/h2-3,6-9,11,18-19H,4-5,10H2,1H3. The zero-order valence-electron chi connectivity index (χ0n) is 13.0. The quantitative estimate of drug-likeness (QED) is 0.765. The molecule has 0 radical (unpaired) electrons. The van der Waals surface area contributed by atoms with Crippen molar-refractivity contribution in [3.05, 3.63) is 45.6 Å². The largest absolute Gasteiger partial charge is 0.495 e. The van der Waals surface area contributed by atoms with Gasteiger partial charge in [-0.05, 0) is 48.4 Å². The summed E-state index contributed by atoms with van der Waals surface area (Å²) >= 11 is 7.34. The van der Waals surface area contributed by atoms with Crippen LogP contribution in [-0.2, 0) is 15.6 Å². The summed E-state index contributed by atoms with van der Waals surface area (Å²) in [5.41, 5.74) is -1.19. The number of ether oxygens (including phenoxy) is 1. The zero-order valence-corrected chi connectivity index (χ0v) is 15.4. The highest BCUT2D eigenvalue weighted by atomic mass is 35.5. The Hall–Kier alpha value is -1.12. The van der Waals surface area contributed by atoms with Crippen molar-refractivity contribution in [2.24, 2.45) is 5.92 Å². The van der Waals surface area contributed by atoms with Crippen LogP contribution in [0.15, 0.2) is 40.6 Å². The van der Waals surface area contributed by atoms with Crippen LogP contribution in [0.3, 0.4) is 0 Å². The molecule has 1 aromatic carbocycles. The predicted molar refractivity (Wildman–Crippen MR) is 94.1 cm³/mol. The molecule has 130 valence electrons. The number of halogens is 1. The van der Waals surface area contributed by atoms with E-state index in [4.69, 9.17) is 16.3 Å². The number of hydrogen-bond acceptors (Lipinski definition) is 5. The van der Waals surface area contributed by atoms with Gasteiger partial charge in [0.25, 0.3) is 0 Å². The van der Waals surface area contributed by atoms with Crippen LogP contribution < -0.4 is 9.46 Å². The topological polar surface area (TPSA) is 75.6 Å². The van der Waals surface area contributed by atoms with Crippen molar-refractivity contribution in [1.29, 1.82) is 0 Å². The summed E-state index contributed by atoms with van der Waals surface area (Å²) in [5, 5.41) is 13.2. The van der Waals surface area contributed by atoms with Crippen LogP contribution >= 0.6 is 22.9 Å². The van der Waals surface area contributed by atoms with Crippen LogP contribution in [0.25, 0.3) is 0 Å². The minimum Gasteiger partial charge on any atom is -0.495 e. The smallest absolute Gasteiger partial charge is 0.244 e. The third kappa shape index (κ3) is 3.45. The van der Waals surface area contributed by atoms with Gasteiger partial charge in [0.05, 0.1) is 7.11 Å². The van der Waals surface area contributed by atoms with Gasteiger partial charge in [-0.15, -0.1) is 11.3 Å². The Labute approximate surface area is 150 Å². The van der Waals surface area contributed by atoms with Gasteiger partial charge in [-0.25, -0.2) is 13.1 Å². The fourth-order valence-electron chi connectivity index (χ4n) is 2.66. The molecule has 2 N–H and O–H groups in total. The Balaban J connectivity index is 1.86. The number of methoxy groups -OCH3 is 1. The van der Waals surface area contributed by atoms with E-state index in [9.17, 15) is 13.5 Å². The SMILES string of the molecule is COc1ccc(Cl)cc1S(=O)(=O)NCC(O)(c1cccs1)C1CC1. The van der Waals surface area contributed by atoms with Gasteiger partial charge < -0.3 is 9.84 Å². The summed E-state index contributed by atoms with van der Waals surface area (Å²) in [5.74, 6) is 0.276. The molecule has 1 aliphatic carbocycles. The molecule has 1 heterocycles. The molecule has 8 heteroatoms. The molecule has 1 unspecified atom stereocenters. The molecule has 3 rings (SSSR count). The van der Waals surface area contributed by atoms with Gasteiger partial charge in [0, 0.05) is 16.4 Å². The van der Waals surface area contributed by atoms with Crippen molar-refractivity contribution in [2.45, 2.75) is 23.3 Å². The van der Waals surface area contributed by atoms with Gasteiger partial charge in [-0.3, -0.25) is 0 Å². The van der Waals surface area contributed by atoms with Gasteiger partial charge in [0.1, 0.15) is 16.2 Å². The number of rotatable bonds is 7. The van der Waals surface area contributed by atoms with Crippen molar-refractivity contribution >= 4 is 33.0 Å². The van der Waals surface area contributed by atoms with Crippen LogP contribution in [0.2, 0.25) is 5.02 Å². The van der Waals surface area contributed by atoms with Crippen molar-refractivity contribution in [3.63, 3.8) is 0 Å². The maximum atomic E-state index is 12.7. The third-order valence-electron chi connectivity index (χ3n) is 4.15. The average molecular weight is 388 g/mol. The van der Waals surface area contributed by atoms with E-state index in [-0.39, 0.29) is 23.1 Å².